The van der Waals surface area contributed by atoms with Gasteiger partial charge in [0.15, 0.2) is 0 Å². The number of nitrogens with one attached hydrogen (secondary N) is 2. The van der Waals surface area contributed by atoms with Crippen molar-refractivity contribution in [3.63, 3.8) is 0 Å². The van der Waals surface area contributed by atoms with Gasteiger partial charge in [0, 0.05) is 18.5 Å². The minimum atomic E-state index is -0.524. The maximum Gasteiger partial charge on any atom is 0.220 e. The average molecular weight is 561 g/mol. The van der Waals surface area contributed by atoms with Crippen molar-refractivity contribution in [1.82, 2.24) is 10.6 Å². The van der Waals surface area contributed by atoms with Gasteiger partial charge >= 0.3 is 0 Å². The first-order valence-electron chi connectivity index (χ1n) is 17.7. The molecule has 0 aromatic heterocycles. The summed E-state index contributed by atoms with van der Waals surface area (Å²) in [5.41, 5.74) is 0.302. The van der Waals surface area contributed by atoms with Crippen LogP contribution in [-0.4, -0.2) is 47.0 Å². The molecule has 5 heteroatoms. The van der Waals surface area contributed by atoms with E-state index in [4.69, 9.17) is 0 Å². The third-order valence-electron chi connectivity index (χ3n) is 11.4. The van der Waals surface area contributed by atoms with Crippen molar-refractivity contribution < 1.29 is 15.0 Å². The molecule has 0 aromatic rings. The molecule has 0 spiro atoms. The minimum absolute atomic E-state index is 0.0226. The second kappa shape index (κ2) is 16.3. The van der Waals surface area contributed by atoms with E-state index in [1.54, 1.807) is 0 Å². The first-order valence-corrected chi connectivity index (χ1v) is 17.7. The Hall–Kier alpha value is -0.650. The molecule has 0 aliphatic heterocycles. The van der Waals surface area contributed by atoms with Crippen LogP contribution < -0.4 is 10.6 Å². The Morgan fingerprint density at radius 3 is 1.88 bits per heavy atom. The Balaban J connectivity index is 1.07. The maximum atomic E-state index is 13.1. The van der Waals surface area contributed by atoms with Gasteiger partial charge < -0.3 is 20.8 Å². The molecule has 0 aromatic carbocycles. The number of unbranched alkanes of at least 4 members (excludes halogenated alkanes) is 9. The number of hydrogen-bond donors (Lipinski definition) is 4. The smallest absolute Gasteiger partial charge is 0.220 e. The van der Waals surface area contributed by atoms with Crippen molar-refractivity contribution in [2.24, 2.45) is 29.1 Å². The fourth-order valence-corrected chi connectivity index (χ4v) is 9.71. The largest absolute Gasteiger partial charge is 0.395 e. The van der Waals surface area contributed by atoms with E-state index in [0.717, 1.165) is 56.3 Å². The molecule has 4 N–H and O–H groups in total. The first kappa shape index (κ1) is 32.3. The van der Waals surface area contributed by atoms with Crippen LogP contribution in [-0.2, 0) is 4.79 Å². The van der Waals surface area contributed by atoms with Crippen molar-refractivity contribution in [1.29, 1.82) is 0 Å². The Morgan fingerprint density at radius 2 is 1.35 bits per heavy atom. The van der Waals surface area contributed by atoms with E-state index in [1.807, 2.05) is 0 Å². The highest BCUT2D eigenvalue weighted by Gasteiger charge is 2.51. The molecule has 5 fully saturated rings. The van der Waals surface area contributed by atoms with Crippen LogP contribution >= 0.6 is 0 Å². The molecular weight excluding hydrogens is 496 g/mol. The summed E-state index contributed by atoms with van der Waals surface area (Å²) in [6.45, 7) is 4.44. The van der Waals surface area contributed by atoms with Crippen molar-refractivity contribution >= 4 is 5.91 Å². The van der Waals surface area contributed by atoms with E-state index in [-0.39, 0.29) is 30.5 Å². The summed E-state index contributed by atoms with van der Waals surface area (Å²) in [5.74, 6) is 3.15. The topological polar surface area (TPSA) is 81.6 Å². The van der Waals surface area contributed by atoms with E-state index in [1.165, 1.54) is 103 Å². The molecule has 0 heterocycles. The number of carbonyl (C=O) groups is 1. The van der Waals surface area contributed by atoms with E-state index < -0.39 is 6.10 Å². The molecule has 5 aliphatic carbocycles. The van der Waals surface area contributed by atoms with Gasteiger partial charge in [0.05, 0.1) is 18.8 Å². The van der Waals surface area contributed by atoms with Crippen LogP contribution in [0.3, 0.4) is 0 Å². The van der Waals surface area contributed by atoms with Gasteiger partial charge in [0.25, 0.3) is 0 Å². The monoisotopic (exact) mass is 560 g/mol. The fourth-order valence-electron chi connectivity index (χ4n) is 9.71. The van der Waals surface area contributed by atoms with Crippen molar-refractivity contribution in [2.45, 2.75) is 179 Å². The van der Waals surface area contributed by atoms with Gasteiger partial charge in [-0.15, -0.1) is 0 Å². The zero-order chi connectivity index (χ0) is 28.4. The Labute approximate surface area is 246 Å². The zero-order valence-corrected chi connectivity index (χ0v) is 26.2. The van der Waals surface area contributed by atoms with Crippen molar-refractivity contribution in [3.8, 4) is 0 Å². The highest BCUT2D eigenvalue weighted by Crippen LogP contribution is 2.61. The molecule has 5 aliphatic rings. The number of amides is 1. The summed E-state index contributed by atoms with van der Waals surface area (Å²) in [6, 6.07) is 0.298. The molecule has 0 saturated heterocycles. The number of rotatable bonds is 19. The highest BCUT2D eigenvalue weighted by molar-refractivity contribution is 5.77. The van der Waals surface area contributed by atoms with Gasteiger partial charge in [-0.1, -0.05) is 71.1 Å². The molecule has 40 heavy (non-hydrogen) atoms. The lowest BCUT2D eigenvalue weighted by molar-refractivity contribution is -0.130. The summed E-state index contributed by atoms with van der Waals surface area (Å²) < 4.78 is 0. The summed E-state index contributed by atoms with van der Waals surface area (Å²) in [5, 5.41) is 28.1. The lowest BCUT2D eigenvalue weighted by Crippen LogP contribution is -2.51. The Morgan fingerprint density at radius 1 is 0.825 bits per heavy atom. The molecule has 0 radical (unpaired) electrons. The summed E-state index contributed by atoms with van der Waals surface area (Å²) >= 11 is 0. The maximum absolute atomic E-state index is 13.1. The SMILES string of the molecule is CCCCCCCCCCCCC(C)NC(CO)C(O)C1CCC(NC(=O)CC23CC4CC(CC(C4)C2)C3)CC1. The Bertz CT molecular complexity index is 699. The molecule has 3 atom stereocenters. The van der Waals surface area contributed by atoms with Gasteiger partial charge in [0.2, 0.25) is 5.91 Å². The molecule has 232 valence electrons. The quantitative estimate of drug-likeness (QED) is 0.125. The normalized spacial score (nSPS) is 33.5. The predicted molar refractivity (Wildman–Crippen MR) is 165 cm³/mol. The van der Waals surface area contributed by atoms with Gasteiger partial charge in [-0.25, -0.2) is 0 Å². The third kappa shape index (κ3) is 9.69. The van der Waals surface area contributed by atoms with E-state index in [2.05, 4.69) is 24.5 Å². The average Bonchev–Trinajstić information content (AvgIpc) is 2.91. The third-order valence-corrected chi connectivity index (χ3v) is 11.4. The van der Waals surface area contributed by atoms with Crippen LogP contribution in [0.25, 0.3) is 0 Å². The number of aliphatic hydroxyl groups excluding tert-OH is 2. The van der Waals surface area contributed by atoms with Gasteiger partial charge in [-0.05, 0) is 107 Å². The molecule has 5 nitrogen and oxygen atoms in total. The minimum Gasteiger partial charge on any atom is -0.395 e. The van der Waals surface area contributed by atoms with Crippen molar-refractivity contribution in [2.75, 3.05) is 6.61 Å². The van der Waals surface area contributed by atoms with Crippen LogP contribution in [0.4, 0.5) is 0 Å². The first-order chi connectivity index (χ1) is 19.4. The van der Waals surface area contributed by atoms with Gasteiger partial charge in [-0.2, -0.15) is 0 Å². The molecule has 5 rings (SSSR count). The molecule has 3 unspecified atom stereocenters. The fraction of sp³-hybridized carbons (Fsp3) is 0.971. The van der Waals surface area contributed by atoms with Crippen LogP contribution in [0, 0.1) is 29.1 Å². The van der Waals surface area contributed by atoms with Gasteiger partial charge in [0.1, 0.15) is 0 Å². The molecule has 5 saturated carbocycles. The highest BCUT2D eigenvalue weighted by atomic mass is 16.3. The van der Waals surface area contributed by atoms with E-state index in [0.29, 0.717) is 11.5 Å². The van der Waals surface area contributed by atoms with Crippen LogP contribution in [0.1, 0.15) is 155 Å². The lowest BCUT2D eigenvalue weighted by atomic mass is 9.49. The molecular formula is C35H64N2O3. The van der Waals surface area contributed by atoms with Crippen LogP contribution in [0.2, 0.25) is 0 Å². The summed E-state index contributed by atoms with van der Waals surface area (Å²) in [6.07, 6.45) is 26.7. The zero-order valence-electron chi connectivity index (χ0n) is 26.2. The van der Waals surface area contributed by atoms with Crippen LogP contribution in [0.15, 0.2) is 0 Å². The standard InChI is InChI=1S/C35H64N2O3/c1-3-4-5-6-7-8-9-10-11-12-13-26(2)36-32(25-38)34(40)30-14-16-31(17-15-30)37-33(39)24-35-21-27-18-28(22-35)20-29(19-27)23-35/h26-32,34,36,38,40H,3-25H2,1-2H3,(H,37,39). The predicted octanol–water partition coefficient (Wildman–Crippen LogP) is 7.28. The number of hydrogen-bond acceptors (Lipinski definition) is 4. The molecule has 4 bridgehead atoms. The number of carbonyl (C=O) groups excluding carboxylic acids is 1. The lowest BCUT2D eigenvalue weighted by Gasteiger charge is -2.56. The summed E-state index contributed by atoms with van der Waals surface area (Å²) in [4.78, 5) is 13.1. The second-order valence-corrected chi connectivity index (χ2v) is 15.1. The Kier molecular flexibility index (Phi) is 13.1. The second-order valence-electron chi connectivity index (χ2n) is 15.1. The van der Waals surface area contributed by atoms with Crippen LogP contribution in [0.5, 0.6) is 0 Å². The van der Waals surface area contributed by atoms with E-state index >= 15 is 0 Å². The summed E-state index contributed by atoms with van der Waals surface area (Å²) in [7, 11) is 0. The van der Waals surface area contributed by atoms with Crippen molar-refractivity contribution in [3.05, 3.63) is 0 Å². The van der Waals surface area contributed by atoms with Gasteiger partial charge in [-0.3, -0.25) is 4.79 Å². The van der Waals surface area contributed by atoms with E-state index in [9.17, 15) is 15.0 Å². The number of aliphatic hydroxyl groups is 2. The molecule has 1 amide bonds.